The summed E-state index contributed by atoms with van der Waals surface area (Å²) in [5, 5.41) is 0. The number of likely N-dealkylation sites (tertiary alicyclic amines) is 1. The molecule has 0 unspecified atom stereocenters. The van der Waals surface area contributed by atoms with Crippen LogP contribution in [0.25, 0.3) is 0 Å². The summed E-state index contributed by atoms with van der Waals surface area (Å²) in [5.41, 5.74) is 1.30. The van der Waals surface area contributed by atoms with Crippen LogP contribution in [-0.2, 0) is 22.6 Å². The second kappa shape index (κ2) is 8.40. The van der Waals surface area contributed by atoms with Gasteiger partial charge >= 0.3 is 0 Å². The number of piperidine rings is 1. The second-order valence-electron chi connectivity index (χ2n) is 10.1. The van der Waals surface area contributed by atoms with Crippen molar-refractivity contribution in [3.63, 3.8) is 0 Å². The van der Waals surface area contributed by atoms with Gasteiger partial charge in [-0.3, -0.25) is 14.4 Å². The summed E-state index contributed by atoms with van der Waals surface area (Å²) in [4.78, 5) is 50.6. The minimum atomic E-state index is -0.140. The number of aromatic nitrogens is 2. The molecule has 1 aromatic heterocycles. The summed E-state index contributed by atoms with van der Waals surface area (Å²) < 4.78 is 0. The number of H-pyrrole nitrogens is 1. The molecule has 5 rings (SSSR count). The Kier molecular flexibility index (Phi) is 5.61. The number of hydrogen-bond donors (Lipinski definition) is 1. The first-order chi connectivity index (χ1) is 15.0. The topological polar surface area (TPSA) is 86.4 Å². The molecular weight excluding hydrogens is 392 g/mol. The lowest BCUT2D eigenvalue weighted by molar-refractivity contribution is -0.138. The van der Waals surface area contributed by atoms with Crippen molar-refractivity contribution < 1.29 is 9.59 Å². The molecule has 0 spiro atoms. The van der Waals surface area contributed by atoms with Gasteiger partial charge in [-0.2, -0.15) is 0 Å². The second-order valence-corrected chi connectivity index (χ2v) is 10.1. The van der Waals surface area contributed by atoms with E-state index in [-0.39, 0.29) is 35.3 Å². The number of fused-ring (bicyclic) bond motifs is 1. The SMILES string of the molecule is C[C@@H]1C[C@@H]1C(=O)N1CCCC[C@H]1c1nc2c(c(=O)[nH]1)CN(C(=O)C1CCCCC1)CC2. The third-order valence-electron chi connectivity index (χ3n) is 7.88. The van der Waals surface area contributed by atoms with Crippen LogP contribution in [0.3, 0.4) is 0 Å². The molecule has 0 radical (unpaired) electrons. The molecule has 3 atom stereocenters. The number of aromatic amines is 1. The van der Waals surface area contributed by atoms with E-state index in [0.717, 1.165) is 63.6 Å². The fraction of sp³-hybridized carbons (Fsp3) is 0.750. The van der Waals surface area contributed by atoms with E-state index in [1.807, 2.05) is 9.80 Å². The Bertz CT molecular complexity index is 920. The minimum absolute atomic E-state index is 0.119. The quantitative estimate of drug-likeness (QED) is 0.805. The van der Waals surface area contributed by atoms with E-state index in [4.69, 9.17) is 4.98 Å². The molecule has 3 fully saturated rings. The van der Waals surface area contributed by atoms with Crippen LogP contribution >= 0.6 is 0 Å². The van der Waals surface area contributed by atoms with E-state index in [1.165, 1.54) is 6.42 Å². The zero-order chi connectivity index (χ0) is 21.5. The summed E-state index contributed by atoms with van der Waals surface area (Å²) in [6.07, 6.45) is 9.91. The van der Waals surface area contributed by atoms with Crippen LogP contribution in [0.4, 0.5) is 0 Å². The zero-order valence-corrected chi connectivity index (χ0v) is 18.6. The van der Waals surface area contributed by atoms with Crippen molar-refractivity contribution in [1.29, 1.82) is 0 Å². The van der Waals surface area contributed by atoms with Gasteiger partial charge in [-0.05, 0) is 44.4 Å². The van der Waals surface area contributed by atoms with Gasteiger partial charge in [-0.1, -0.05) is 26.2 Å². The molecule has 0 aromatic carbocycles. The molecule has 4 aliphatic rings. The summed E-state index contributed by atoms with van der Waals surface area (Å²) in [7, 11) is 0. The van der Waals surface area contributed by atoms with Crippen molar-refractivity contribution in [3.8, 4) is 0 Å². The van der Waals surface area contributed by atoms with Gasteiger partial charge in [0.1, 0.15) is 5.82 Å². The largest absolute Gasteiger partial charge is 0.337 e. The highest BCUT2D eigenvalue weighted by atomic mass is 16.2. The maximum atomic E-state index is 13.0. The molecule has 2 aliphatic carbocycles. The maximum Gasteiger partial charge on any atom is 0.256 e. The number of nitrogens with zero attached hydrogens (tertiary/aromatic N) is 3. The summed E-state index contributed by atoms with van der Waals surface area (Å²) in [5.74, 6) is 1.80. The molecule has 3 heterocycles. The fourth-order valence-corrected chi connectivity index (χ4v) is 5.76. The van der Waals surface area contributed by atoms with Crippen LogP contribution in [0.5, 0.6) is 0 Å². The number of carbonyl (C=O) groups is 2. The summed E-state index contributed by atoms with van der Waals surface area (Å²) in [6, 6.07) is -0.131. The molecule has 2 saturated carbocycles. The third kappa shape index (κ3) is 4.03. The van der Waals surface area contributed by atoms with E-state index in [9.17, 15) is 14.4 Å². The number of amides is 2. The van der Waals surface area contributed by atoms with Gasteiger partial charge in [-0.25, -0.2) is 4.98 Å². The molecule has 2 amide bonds. The molecule has 1 saturated heterocycles. The third-order valence-corrected chi connectivity index (χ3v) is 7.88. The summed E-state index contributed by atoms with van der Waals surface area (Å²) >= 11 is 0. The van der Waals surface area contributed by atoms with Crippen molar-refractivity contribution >= 4 is 11.8 Å². The Hall–Kier alpha value is -2.18. The van der Waals surface area contributed by atoms with Gasteiger partial charge < -0.3 is 14.8 Å². The van der Waals surface area contributed by atoms with Gasteiger partial charge in [0.15, 0.2) is 0 Å². The van der Waals surface area contributed by atoms with Gasteiger partial charge in [-0.15, -0.1) is 0 Å². The van der Waals surface area contributed by atoms with E-state index < -0.39 is 0 Å². The van der Waals surface area contributed by atoms with Crippen molar-refractivity contribution in [2.75, 3.05) is 13.1 Å². The fourth-order valence-electron chi connectivity index (χ4n) is 5.76. The highest BCUT2D eigenvalue weighted by molar-refractivity contribution is 5.82. The van der Waals surface area contributed by atoms with Crippen molar-refractivity contribution in [3.05, 3.63) is 27.4 Å². The maximum absolute atomic E-state index is 13.0. The van der Waals surface area contributed by atoms with E-state index >= 15 is 0 Å². The number of hydrogen-bond acceptors (Lipinski definition) is 4. The molecule has 168 valence electrons. The molecule has 1 aromatic rings. The zero-order valence-electron chi connectivity index (χ0n) is 18.6. The predicted octanol–water partition coefficient (Wildman–Crippen LogP) is 2.94. The Morgan fingerprint density at radius 2 is 1.74 bits per heavy atom. The Morgan fingerprint density at radius 1 is 1.00 bits per heavy atom. The molecule has 7 heteroatoms. The van der Waals surface area contributed by atoms with E-state index in [2.05, 4.69) is 11.9 Å². The Morgan fingerprint density at radius 3 is 2.48 bits per heavy atom. The average molecular weight is 427 g/mol. The normalized spacial score (nSPS) is 28.9. The smallest absolute Gasteiger partial charge is 0.256 e. The van der Waals surface area contributed by atoms with Gasteiger partial charge in [0.2, 0.25) is 11.8 Å². The predicted molar refractivity (Wildman–Crippen MR) is 116 cm³/mol. The molecule has 0 bridgehead atoms. The van der Waals surface area contributed by atoms with Crippen LogP contribution in [0.2, 0.25) is 0 Å². The first-order valence-corrected chi connectivity index (χ1v) is 12.2. The lowest BCUT2D eigenvalue weighted by atomic mass is 9.88. The number of rotatable bonds is 3. The first kappa shape index (κ1) is 20.7. The van der Waals surface area contributed by atoms with Crippen molar-refractivity contribution in [2.45, 2.75) is 83.7 Å². The standard InChI is InChI=1S/C24H34N4O3/c1-15-13-17(15)24(31)28-11-6-5-9-20(28)21-25-19-10-12-27(14-18(19)22(29)26-21)23(30)16-7-3-2-4-8-16/h15-17,20H,2-14H2,1H3,(H,25,26,29)/t15-,17+,20+/m1/s1. The van der Waals surface area contributed by atoms with Crippen LogP contribution in [0.1, 0.15) is 87.8 Å². The molecule has 31 heavy (non-hydrogen) atoms. The monoisotopic (exact) mass is 426 g/mol. The first-order valence-electron chi connectivity index (χ1n) is 12.2. The highest BCUT2D eigenvalue weighted by Crippen LogP contribution is 2.42. The van der Waals surface area contributed by atoms with Crippen LogP contribution in [-0.4, -0.2) is 44.7 Å². The van der Waals surface area contributed by atoms with E-state index in [0.29, 0.717) is 36.8 Å². The Labute approximate surface area is 183 Å². The molecule has 1 N–H and O–H groups in total. The number of nitrogens with one attached hydrogen (secondary N) is 1. The minimum Gasteiger partial charge on any atom is -0.337 e. The average Bonchev–Trinajstić information content (AvgIpc) is 3.55. The van der Waals surface area contributed by atoms with Crippen LogP contribution < -0.4 is 5.56 Å². The molecule has 2 aliphatic heterocycles. The van der Waals surface area contributed by atoms with Crippen LogP contribution in [0, 0.1) is 17.8 Å². The molecular formula is C24H34N4O3. The van der Waals surface area contributed by atoms with Gasteiger partial charge in [0.05, 0.1) is 23.8 Å². The summed E-state index contributed by atoms with van der Waals surface area (Å²) in [6.45, 7) is 3.86. The van der Waals surface area contributed by atoms with E-state index in [1.54, 1.807) is 0 Å². The Balaban J connectivity index is 1.35. The van der Waals surface area contributed by atoms with Crippen molar-refractivity contribution in [2.24, 2.45) is 17.8 Å². The molecule has 7 nitrogen and oxygen atoms in total. The highest BCUT2D eigenvalue weighted by Gasteiger charge is 2.44. The van der Waals surface area contributed by atoms with Gasteiger partial charge in [0.25, 0.3) is 5.56 Å². The number of carbonyl (C=O) groups excluding carboxylic acids is 2. The lowest BCUT2D eigenvalue weighted by Gasteiger charge is -2.36. The van der Waals surface area contributed by atoms with Crippen molar-refractivity contribution in [1.82, 2.24) is 19.8 Å². The van der Waals surface area contributed by atoms with Crippen LogP contribution in [0.15, 0.2) is 4.79 Å². The van der Waals surface area contributed by atoms with Gasteiger partial charge in [0, 0.05) is 31.3 Å². The lowest BCUT2D eigenvalue weighted by Crippen LogP contribution is -2.44.